The molecule has 0 N–H and O–H groups in total. The van der Waals surface area contributed by atoms with Gasteiger partial charge in [0.2, 0.25) is 0 Å². The molecule has 3 nitrogen and oxygen atoms in total. The number of hydrogen-bond donors (Lipinski definition) is 0. The van der Waals surface area contributed by atoms with Gasteiger partial charge in [0.1, 0.15) is 6.61 Å². The van der Waals surface area contributed by atoms with Gasteiger partial charge in [0.25, 0.3) is 0 Å². The summed E-state index contributed by atoms with van der Waals surface area (Å²) >= 11 is 0. The lowest BCUT2D eigenvalue weighted by molar-refractivity contribution is 0.309. The number of anilines is 1. The Morgan fingerprint density at radius 1 is 1.16 bits per heavy atom. The molecule has 1 aliphatic rings. The van der Waals surface area contributed by atoms with Crippen LogP contribution in [0.25, 0.3) is 11.1 Å². The van der Waals surface area contributed by atoms with Gasteiger partial charge in [0.15, 0.2) is 23.2 Å². The number of nitrogens with zero attached hydrogens (tertiary/aromatic N) is 2. The number of benzene rings is 1. The second kappa shape index (κ2) is 4.50. The number of fused-ring (bicyclic) bond motifs is 1. The molecule has 0 fully saturated rings. The highest BCUT2D eigenvalue weighted by atomic mass is 19.2. The molecular weight excluding hydrogens is 250 g/mol. The van der Waals surface area contributed by atoms with Crippen molar-refractivity contribution in [2.45, 2.75) is 0 Å². The maximum absolute atomic E-state index is 13.2. The van der Waals surface area contributed by atoms with Crippen molar-refractivity contribution in [3.8, 4) is 16.9 Å². The minimum atomic E-state index is -0.867. The van der Waals surface area contributed by atoms with Crippen LogP contribution in [0, 0.1) is 11.6 Å². The Labute approximate surface area is 109 Å². The van der Waals surface area contributed by atoms with E-state index in [2.05, 4.69) is 4.98 Å². The Morgan fingerprint density at radius 3 is 2.79 bits per heavy atom. The normalized spacial score (nSPS) is 13.9. The van der Waals surface area contributed by atoms with Crippen LogP contribution in [-0.4, -0.2) is 25.2 Å². The Balaban J connectivity index is 2.04. The number of pyridine rings is 1. The lowest BCUT2D eigenvalue weighted by Gasteiger charge is -2.26. The molecule has 5 heteroatoms. The fourth-order valence-corrected chi connectivity index (χ4v) is 2.06. The van der Waals surface area contributed by atoms with Gasteiger partial charge in [0, 0.05) is 18.8 Å². The second-order valence-corrected chi connectivity index (χ2v) is 4.44. The smallest absolute Gasteiger partial charge is 0.171 e. The topological polar surface area (TPSA) is 25.4 Å². The van der Waals surface area contributed by atoms with Crippen LogP contribution < -0.4 is 9.64 Å². The zero-order valence-electron chi connectivity index (χ0n) is 10.4. The molecule has 2 heterocycles. The number of halogens is 2. The van der Waals surface area contributed by atoms with Crippen LogP contribution in [0.1, 0.15) is 0 Å². The summed E-state index contributed by atoms with van der Waals surface area (Å²) in [7, 11) is 1.94. The van der Waals surface area contributed by atoms with Crippen LogP contribution in [-0.2, 0) is 0 Å². The first-order chi connectivity index (χ1) is 9.15. The maximum atomic E-state index is 13.2. The van der Waals surface area contributed by atoms with Crippen LogP contribution in [0.15, 0.2) is 30.5 Å². The summed E-state index contributed by atoms with van der Waals surface area (Å²) < 4.78 is 31.7. The summed E-state index contributed by atoms with van der Waals surface area (Å²) in [5, 5.41) is 0. The molecule has 98 valence electrons. The summed E-state index contributed by atoms with van der Waals surface area (Å²) in [6.07, 6.45) is 1.64. The van der Waals surface area contributed by atoms with E-state index >= 15 is 0 Å². The highest BCUT2D eigenvalue weighted by Crippen LogP contribution is 2.32. The molecule has 0 saturated carbocycles. The van der Waals surface area contributed by atoms with E-state index < -0.39 is 11.6 Å². The van der Waals surface area contributed by atoms with E-state index in [1.807, 2.05) is 11.9 Å². The molecule has 0 bridgehead atoms. The minimum absolute atomic E-state index is 0.575. The van der Waals surface area contributed by atoms with Crippen molar-refractivity contribution in [3.05, 3.63) is 42.1 Å². The first kappa shape index (κ1) is 11.9. The average Bonchev–Trinajstić information content (AvgIpc) is 2.42. The molecule has 2 aromatic rings. The van der Waals surface area contributed by atoms with Crippen LogP contribution in [0.5, 0.6) is 5.75 Å². The summed E-state index contributed by atoms with van der Waals surface area (Å²) in [6.45, 7) is 1.37. The molecule has 1 aromatic carbocycles. The number of aromatic nitrogens is 1. The van der Waals surface area contributed by atoms with Crippen molar-refractivity contribution >= 4 is 5.82 Å². The van der Waals surface area contributed by atoms with Crippen molar-refractivity contribution in [2.24, 2.45) is 0 Å². The molecule has 1 aliphatic heterocycles. The van der Waals surface area contributed by atoms with Crippen molar-refractivity contribution in [1.29, 1.82) is 0 Å². The average molecular weight is 262 g/mol. The van der Waals surface area contributed by atoms with Gasteiger partial charge >= 0.3 is 0 Å². The highest BCUT2D eigenvalue weighted by Gasteiger charge is 2.17. The van der Waals surface area contributed by atoms with Gasteiger partial charge < -0.3 is 9.64 Å². The third kappa shape index (κ3) is 2.12. The van der Waals surface area contributed by atoms with E-state index in [0.29, 0.717) is 23.5 Å². The van der Waals surface area contributed by atoms with Crippen molar-refractivity contribution in [1.82, 2.24) is 4.98 Å². The summed E-state index contributed by atoms with van der Waals surface area (Å²) in [5.74, 6) is -0.299. The van der Waals surface area contributed by atoms with E-state index in [1.54, 1.807) is 12.3 Å². The van der Waals surface area contributed by atoms with E-state index in [9.17, 15) is 8.78 Å². The quantitative estimate of drug-likeness (QED) is 0.790. The molecule has 0 atom stereocenters. The van der Waals surface area contributed by atoms with E-state index in [0.717, 1.165) is 24.5 Å². The number of ether oxygens (including phenoxy) is 1. The van der Waals surface area contributed by atoms with Crippen molar-refractivity contribution in [3.63, 3.8) is 0 Å². The predicted molar refractivity (Wildman–Crippen MR) is 68.4 cm³/mol. The van der Waals surface area contributed by atoms with Crippen LogP contribution in [0.3, 0.4) is 0 Å². The molecule has 0 aliphatic carbocycles. The van der Waals surface area contributed by atoms with E-state index in [-0.39, 0.29) is 0 Å². The minimum Gasteiger partial charge on any atom is -0.488 e. The molecule has 0 saturated heterocycles. The van der Waals surface area contributed by atoms with Crippen LogP contribution >= 0.6 is 0 Å². The van der Waals surface area contributed by atoms with E-state index in [4.69, 9.17) is 4.74 Å². The molecular formula is C14H12F2N2O. The number of hydrogen-bond acceptors (Lipinski definition) is 3. The molecule has 0 unspecified atom stereocenters. The highest BCUT2D eigenvalue weighted by molar-refractivity contribution is 5.68. The molecule has 0 amide bonds. The molecule has 1 aromatic heterocycles. The molecule has 19 heavy (non-hydrogen) atoms. The maximum Gasteiger partial charge on any atom is 0.171 e. The van der Waals surface area contributed by atoms with Crippen molar-refractivity contribution in [2.75, 3.05) is 25.1 Å². The number of likely N-dealkylation sites (N-methyl/N-ethyl adjacent to an activating group) is 1. The summed E-state index contributed by atoms with van der Waals surface area (Å²) in [5.41, 5.74) is 1.28. The van der Waals surface area contributed by atoms with Gasteiger partial charge in [-0.2, -0.15) is 0 Å². The molecule has 3 rings (SSSR count). The van der Waals surface area contributed by atoms with Gasteiger partial charge in [-0.1, -0.05) is 6.07 Å². The molecule has 0 radical (unpaired) electrons. The SMILES string of the molecule is CN1CCOc2cc(-c3ccc(F)c(F)c3)cnc21. The van der Waals surface area contributed by atoms with Gasteiger partial charge in [-0.05, 0) is 23.8 Å². The van der Waals surface area contributed by atoms with Crippen molar-refractivity contribution < 1.29 is 13.5 Å². The van der Waals surface area contributed by atoms with Gasteiger partial charge in [0.05, 0.1) is 6.54 Å². The Morgan fingerprint density at radius 2 is 2.00 bits per heavy atom. The second-order valence-electron chi connectivity index (χ2n) is 4.44. The Kier molecular flexibility index (Phi) is 2.81. The zero-order chi connectivity index (χ0) is 13.4. The fraction of sp³-hybridized carbons (Fsp3) is 0.214. The lowest BCUT2D eigenvalue weighted by atomic mass is 10.1. The van der Waals surface area contributed by atoms with E-state index in [1.165, 1.54) is 6.07 Å². The fourth-order valence-electron chi connectivity index (χ4n) is 2.06. The van der Waals surface area contributed by atoms with Crippen LogP contribution in [0.4, 0.5) is 14.6 Å². The predicted octanol–water partition coefficient (Wildman–Crippen LogP) is 2.86. The summed E-state index contributed by atoms with van der Waals surface area (Å²) in [4.78, 5) is 6.31. The first-order valence-electron chi connectivity index (χ1n) is 5.94. The number of rotatable bonds is 1. The van der Waals surface area contributed by atoms with Gasteiger partial charge in [-0.25, -0.2) is 13.8 Å². The first-order valence-corrected chi connectivity index (χ1v) is 5.94. The third-order valence-electron chi connectivity index (χ3n) is 3.13. The Hall–Kier alpha value is -2.17. The summed E-state index contributed by atoms with van der Waals surface area (Å²) in [6, 6.07) is 5.58. The molecule has 0 spiro atoms. The largest absolute Gasteiger partial charge is 0.488 e. The zero-order valence-corrected chi connectivity index (χ0v) is 10.4. The van der Waals surface area contributed by atoms with Gasteiger partial charge in [-0.3, -0.25) is 0 Å². The monoisotopic (exact) mass is 262 g/mol. The van der Waals surface area contributed by atoms with Crippen LogP contribution in [0.2, 0.25) is 0 Å². The van der Waals surface area contributed by atoms with Gasteiger partial charge in [-0.15, -0.1) is 0 Å². The lowest BCUT2D eigenvalue weighted by Crippen LogP contribution is -2.29. The third-order valence-corrected chi connectivity index (χ3v) is 3.13. The Bertz CT molecular complexity index is 631. The standard InChI is InChI=1S/C14H12F2N2O/c1-18-4-5-19-13-7-10(8-17-14(13)18)9-2-3-11(15)12(16)6-9/h2-3,6-8H,4-5H2,1H3.